The quantitative estimate of drug-likeness (QED) is 0.289. The summed E-state index contributed by atoms with van der Waals surface area (Å²) in [4.78, 5) is 22.3. The zero-order chi connectivity index (χ0) is 18.9. The van der Waals surface area contributed by atoms with Gasteiger partial charge in [0.15, 0.2) is 0 Å². The molecular formula is C17H22N4O4S. The third-order valence-corrected chi connectivity index (χ3v) is 4.50. The fraction of sp³-hybridized carbons (Fsp3) is 0.471. The van der Waals surface area contributed by atoms with Gasteiger partial charge in [-0.1, -0.05) is 44.0 Å². The molecule has 8 nitrogen and oxygen atoms in total. The molecule has 0 aliphatic heterocycles. The highest BCUT2D eigenvalue weighted by Crippen LogP contribution is 2.25. The Morgan fingerprint density at radius 1 is 1.38 bits per heavy atom. The maximum atomic E-state index is 12.0. The Labute approximate surface area is 155 Å². The van der Waals surface area contributed by atoms with Crippen LogP contribution in [0.3, 0.4) is 0 Å². The predicted octanol–water partition coefficient (Wildman–Crippen LogP) is 3.82. The molecule has 2 aromatic rings. The third-order valence-electron chi connectivity index (χ3n) is 3.69. The van der Waals surface area contributed by atoms with Gasteiger partial charge >= 0.3 is 0 Å². The van der Waals surface area contributed by atoms with Gasteiger partial charge in [-0.05, 0) is 19.4 Å². The standard InChI is InChI=1S/C17H22N4O4S/c1-3-4-5-7-12(2)18-15(22)11-26-17-20-19-16(25-17)13-8-6-9-14(10-13)21(23)24/h6,8-10,12H,3-5,7,11H2,1-2H3,(H,18,22)/t12-/m0/s1. The van der Waals surface area contributed by atoms with Crippen molar-refractivity contribution in [2.75, 3.05) is 5.75 Å². The first-order chi connectivity index (χ1) is 12.5. The van der Waals surface area contributed by atoms with Crippen molar-refractivity contribution in [2.24, 2.45) is 0 Å². The average molecular weight is 378 g/mol. The van der Waals surface area contributed by atoms with Gasteiger partial charge in [0.1, 0.15) is 0 Å². The van der Waals surface area contributed by atoms with Gasteiger partial charge in [-0.25, -0.2) is 0 Å². The average Bonchev–Trinajstić information content (AvgIpc) is 3.09. The number of carbonyl (C=O) groups is 1. The van der Waals surface area contributed by atoms with Gasteiger partial charge in [0, 0.05) is 23.7 Å². The molecule has 0 spiro atoms. The van der Waals surface area contributed by atoms with Gasteiger partial charge in [0.2, 0.25) is 11.8 Å². The van der Waals surface area contributed by atoms with E-state index in [9.17, 15) is 14.9 Å². The monoisotopic (exact) mass is 378 g/mol. The fourth-order valence-corrected chi connectivity index (χ4v) is 2.93. The largest absolute Gasteiger partial charge is 0.411 e. The van der Waals surface area contributed by atoms with Gasteiger partial charge in [0.25, 0.3) is 10.9 Å². The van der Waals surface area contributed by atoms with Crippen LogP contribution in [0.4, 0.5) is 5.69 Å². The Balaban J connectivity index is 1.85. The van der Waals surface area contributed by atoms with Crippen molar-refractivity contribution in [3.8, 4) is 11.5 Å². The zero-order valence-corrected chi connectivity index (χ0v) is 15.6. The second-order valence-corrected chi connectivity index (χ2v) is 6.86. The summed E-state index contributed by atoms with van der Waals surface area (Å²) in [5.74, 6) is 0.271. The van der Waals surface area contributed by atoms with E-state index in [4.69, 9.17) is 4.42 Å². The molecular weight excluding hydrogens is 356 g/mol. The van der Waals surface area contributed by atoms with E-state index >= 15 is 0 Å². The Bertz CT molecular complexity index is 750. The number of non-ortho nitro benzene ring substituents is 1. The SMILES string of the molecule is CCCCC[C@H](C)NC(=O)CSc1nnc(-c2cccc([N+](=O)[O-])c2)o1. The predicted molar refractivity (Wildman–Crippen MR) is 98.9 cm³/mol. The molecule has 0 saturated carbocycles. The number of hydrogen-bond acceptors (Lipinski definition) is 7. The third kappa shape index (κ3) is 6.14. The number of rotatable bonds is 10. The van der Waals surface area contributed by atoms with Crippen molar-refractivity contribution in [1.29, 1.82) is 0 Å². The number of amides is 1. The number of aromatic nitrogens is 2. The van der Waals surface area contributed by atoms with Crippen molar-refractivity contribution in [2.45, 2.75) is 50.8 Å². The molecule has 140 valence electrons. The molecule has 1 heterocycles. The van der Waals surface area contributed by atoms with Crippen LogP contribution < -0.4 is 5.32 Å². The number of nitro benzene ring substituents is 1. The first-order valence-corrected chi connectivity index (χ1v) is 9.48. The lowest BCUT2D eigenvalue weighted by Crippen LogP contribution is -2.33. The normalized spacial score (nSPS) is 11.9. The highest BCUT2D eigenvalue weighted by Gasteiger charge is 2.14. The Hall–Kier alpha value is -2.42. The zero-order valence-electron chi connectivity index (χ0n) is 14.8. The molecule has 26 heavy (non-hydrogen) atoms. The number of unbranched alkanes of at least 4 members (excludes halogenated alkanes) is 2. The molecule has 0 saturated heterocycles. The maximum Gasteiger partial charge on any atom is 0.277 e. The van der Waals surface area contributed by atoms with Gasteiger partial charge in [0.05, 0.1) is 10.7 Å². The molecule has 1 aromatic heterocycles. The van der Waals surface area contributed by atoms with Crippen molar-refractivity contribution in [3.63, 3.8) is 0 Å². The molecule has 0 unspecified atom stereocenters. The van der Waals surface area contributed by atoms with E-state index < -0.39 is 4.92 Å². The second kappa shape index (κ2) is 9.91. The summed E-state index contributed by atoms with van der Waals surface area (Å²) in [5, 5.41) is 21.8. The van der Waals surface area contributed by atoms with E-state index in [0.29, 0.717) is 5.56 Å². The summed E-state index contributed by atoms with van der Waals surface area (Å²) in [7, 11) is 0. The summed E-state index contributed by atoms with van der Waals surface area (Å²) < 4.78 is 5.48. The van der Waals surface area contributed by atoms with E-state index in [2.05, 4.69) is 22.4 Å². The molecule has 1 atom stereocenters. The molecule has 0 aliphatic carbocycles. The van der Waals surface area contributed by atoms with Crippen LogP contribution in [0.25, 0.3) is 11.5 Å². The lowest BCUT2D eigenvalue weighted by molar-refractivity contribution is -0.384. The van der Waals surface area contributed by atoms with Crippen LogP contribution in [0, 0.1) is 10.1 Å². The molecule has 0 aliphatic rings. The summed E-state index contributed by atoms with van der Waals surface area (Å²) in [6.07, 6.45) is 4.38. The van der Waals surface area contributed by atoms with Crippen molar-refractivity contribution < 1.29 is 14.1 Å². The first-order valence-electron chi connectivity index (χ1n) is 8.50. The Morgan fingerprint density at radius 3 is 2.92 bits per heavy atom. The molecule has 0 bridgehead atoms. The van der Waals surface area contributed by atoms with E-state index in [1.165, 1.54) is 12.1 Å². The minimum absolute atomic E-state index is 0.0497. The van der Waals surface area contributed by atoms with E-state index in [1.54, 1.807) is 12.1 Å². The molecule has 1 amide bonds. The van der Waals surface area contributed by atoms with Crippen molar-refractivity contribution >= 4 is 23.4 Å². The highest BCUT2D eigenvalue weighted by atomic mass is 32.2. The first kappa shape index (κ1) is 19.9. The molecule has 1 aromatic carbocycles. The van der Waals surface area contributed by atoms with Gasteiger partial charge in [-0.15, -0.1) is 10.2 Å². The van der Waals surface area contributed by atoms with E-state index in [1.807, 2.05) is 6.92 Å². The molecule has 0 radical (unpaired) electrons. The van der Waals surface area contributed by atoms with E-state index in [0.717, 1.165) is 37.4 Å². The number of nitro groups is 1. The number of nitrogens with one attached hydrogen (secondary N) is 1. The van der Waals surface area contributed by atoms with Crippen LogP contribution in [0.15, 0.2) is 33.9 Å². The summed E-state index contributed by atoms with van der Waals surface area (Å²) in [6, 6.07) is 6.10. The van der Waals surface area contributed by atoms with Crippen LogP contribution in [-0.4, -0.2) is 32.8 Å². The number of nitrogens with zero attached hydrogens (tertiary/aromatic N) is 3. The van der Waals surface area contributed by atoms with Crippen LogP contribution >= 0.6 is 11.8 Å². The molecule has 9 heteroatoms. The van der Waals surface area contributed by atoms with Gasteiger partial charge in [-0.3, -0.25) is 14.9 Å². The minimum atomic E-state index is -0.485. The smallest absolute Gasteiger partial charge is 0.277 e. The molecule has 1 N–H and O–H groups in total. The van der Waals surface area contributed by atoms with Crippen LogP contribution in [0.5, 0.6) is 0 Å². The molecule has 2 rings (SSSR count). The van der Waals surface area contributed by atoms with Crippen LogP contribution in [0.1, 0.15) is 39.5 Å². The summed E-state index contributed by atoms with van der Waals surface area (Å²) in [5.41, 5.74) is 0.416. The topological polar surface area (TPSA) is 111 Å². The van der Waals surface area contributed by atoms with Gasteiger partial charge < -0.3 is 9.73 Å². The highest BCUT2D eigenvalue weighted by molar-refractivity contribution is 7.99. The number of benzene rings is 1. The fourth-order valence-electron chi connectivity index (χ4n) is 2.35. The lowest BCUT2D eigenvalue weighted by Gasteiger charge is -2.12. The molecule has 0 fully saturated rings. The number of thioether (sulfide) groups is 1. The number of hydrogen-bond donors (Lipinski definition) is 1. The Morgan fingerprint density at radius 2 is 2.19 bits per heavy atom. The second-order valence-electron chi connectivity index (χ2n) is 5.93. The van der Waals surface area contributed by atoms with Crippen molar-refractivity contribution in [1.82, 2.24) is 15.5 Å². The summed E-state index contributed by atoms with van der Waals surface area (Å²) in [6.45, 7) is 4.14. The van der Waals surface area contributed by atoms with Crippen molar-refractivity contribution in [3.05, 3.63) is 34.4 Å². The lowest BCUT2D eigenvalue weighted by atomic mass is 10.1. The van der Waals surface area contributed by atoms with Crippen LogP contribution in [-0.2, 0) is 4.79 Å². The van der Waals surface area contributed by atoms with Gasteiger partial charge in [-0.2, -0.15) is 0 Å². The minimum Gasteiger partial charge on any atom is -0.411 e. The van der Waals surface area contributed by atoms with E-state index in [-0.39, 0.29) is 34.5 Å². The van der Waals surface area contributed by atoms with Crippen LogP contribution in [0.2, 0.25) is 0 Å². The summed E-state index contributed by atoms with van der Waals surface area (Å²) >= 11 is 1.14. The Kier molecular flexibility index (Phi) is 7.58. The number of carbonyl (C=O) groups excluding carboxylic acids is 1. The maximum absolute atomic E-state index is 12.0.